The Morgan fingerprint density at radius 2 is 2.55 bits per heavy atom. The van der Waals surface area contributed by atoms with Crippen molar-refractivity contribution in [2.24, 2.45) is 5.10 Å². The molecule has 0 aromatic rings. The second kappa shape index (κ2) is 3.45. The van der Waals surface area contributed by atoms with Gasteiger partial charge in [0, 0.05) is 14.1 Å². The maximum absolute atomic E-state index is 10.9. The van der Waals surface area contributed by atoms with Gasteiger partial charge in [-0.05, 0) is 0 Å². The zero-order chi connectivity index (χ0) is 8.27. The van der Waals surface area contributed by atoms with Gasteiger partial charge in [-0.15, -0.1) is 0 Å². The van der Waals surface area contributed by atoms with Gasteiger partial charge >= 0.3 is 0 Å². The standard InChI is InChI=1S/C6H11N3O2/c1-7-11-4-5-3-6(10)9(2)8-5/h7H,3-4H2,1-2H3. The van der Waals surface area contributed by atoms with Gasteiger partial charge in [-0.1, -0.05) is 0 Å². The quantitative estimate of drug-likeness (QED) is 0.554. The molecule has 0 aromatic carbocycles. The monoisotopic (exact) mass is 157 g/mol. The molecule has 0 spiro atoms. The Kier molecular flexibility index (Phi) is 2.56. The third-order valence-electron chi connectivity index (χ3n) is 1.39. The average molecular weight is 157 g/mol. The van der Waals surface area contributed by atoms with E-state index in [2.05, 4.69) is 10.6 Å². The summed E-state index contributed by atoms with van der Waals surface area (Å²) in [6.07, 6.45) is 0.373. The molecule has 0 fully saturated rings. The van der Waals surface area contributed by atoms with Crippen LogP contribution in [0, 0.1) is 0 Å². The van der Waals surface area contributed by atoms with Crippen molar-refractivity contribution in [3.05, 3.63) is 0 Å². The van der Waals surface area contributed by atoms with Crippen LogP contribution < -0.4 is 5.48 Å². The lowest BCUT2D eigenvalue weighted by atomic mass is 10.3. The van der Waals surface area contributed by atoms with Crippen LogP contribution in [0.2, 0.25) is 0 Å². The van der Waals surface area contributed by atoms with Gasteiger partial charge in [0.25, 0.3) is 0 Å². The molecule has 5 heteroatoms. The SMILES string of the molecule is CNOCC1=NN(C)C(=O)C1. The Hall–Kier alpha value is -0.940. The molecule has 1 N–H and O–H groups in total. The van der Waals surface area contributed by atoms with Gasteiger partial charge < -0.3 is 0 Å². The van der Waals surface area contributed by atoms with E-state index in [-0.39, 0.29) is 5.91 Å². The van der Waals surface area contributed by atoms with E-state index in [0.29, 0.717) is 13.0 Å². The molecule has 0 radical (unpaired) electrons. The number of carbonyl (C=O) groups is 1. The van der Waals surface area contributed by atoms with Crippen LogP contribution in [0.4, 0.5) is 0 Å². The Labute approximate surface area is 65.0 Å². The van der Waals surface area contributed by atoms with Crippen molar-refractivity contribution in [3.63, 3.8) is 0 Å². The van der Waals surface area contributed by atoms with E-state index in [0.717, 1.165) is 5.71 Å². The molecule has 0 saturated heterocycles. The molecule has 5 nitrogen and oxygen atoms in total. The molecule has 62 valence electrons. The smallest absolute Gasteiger partial charge is 0.248 e. The number of hydroxylamine groups is 1. The number of rotatable bonds is 3. The Morgan fingerprint density at radius 1 is 1.82 bits per heavy atom. The van der Waals surface area contributed by atoms with Gasteiger partial charge in [-0.3, -0.25) is 9.63 Å². The molecule has 0 aromatic heterocycles. The van der Waals surface area contributed by atoms with Crippen molar-refractivity contribution >= 4 is 11.6 Å². The molecular formula is C6H11N3O2. The van der Waals surface area contributed by atoms with Gasteiger partial charge in [0.15, 0.2) is 0 Å². The summed E-state index contributed by atoms with van der Waals surface area (Å²) in [7, 11) is 3.30. The number of amides is 1. The molecule has 0 aliphatic carbocycles. The zero-order valence-electron chi connectivity index (χ0n) is 6.63. The summed E-state index contributed by atoms with van der Waals surface area (Å²) in [6, 6.07) is 0. The minimum atomic E-state index is 0.0136. The summed E-state index contributed by atoms with van der Waals surface area (Å²) in [4.78, 5) is 15.7. The summed E-state index contributed by atoms with van der Waals surface area (Å²) in [6.45, 7) is 0.368. The van der Waals surface area contributed by atoms with Crippen molar-refractivity contribution in [1.29, 1.82) is 0 Å². The van der Waals surface area contributed by atoms with Crippen LogP contribution in [0.15, 0.2) is 5.10 Å². The first-order valence-electron chi connectivity index (χ1n) is 3.35. The van der Waals surface area contributed by atoms with Gasteiger partial charge in [-0.2, -0.15) is 5.10 Å². The average Bonchev–Trinajstić information content (AvgIpc) is 2.28. The maximum Gasteiger partial charge on any atom is 0.248 e. The van der Waals surface area contributed by atoms with E-state index in [4.69, 9.17) is 4.84 Å². The first-order chi connectivity index (χ1) is 5.24. The van der Waals surface area contributed by atoms with Crippen molar-refractivity contribution in [3.8, 4) is 0 Å². The summed E-state index contributed by atoms with van der Waals surface area (Å²) < 4.78 is 0. The largest absolute Gasteiger partial charge is 0.296 e. The van der Waals surface area contributed by atoms with Crippen molar-refractivity contribution in [1.82, 2.24) is 10.5 Å². The van der Waals surface area contributed by atoms with Gasteiger partial charge in [0.05, 0.1) is 12.1 Å². The highest BCUT2D eigenvalue weighted by atomic mass is 16.6. The number of carbonyl (C=O) groups excluding carboxylic acids is 1. The Bertz CT molecular complexity index is 190. The fraction of sp³-hybridized carbons (Fsp3) is 0.667. The molecule has 1 heterocycles. The summed E-state index contributed by atoms with van der Waals surface area (Å²) in [5, 5.41) is 5.27. The topological polar surface area (TPSA) is 53.9 Å². The van der Waals surface area contributed by atoms with E-state index >= 15 is 0 Å². The number of hydrogen-bond acceptors (Lipinski definition) is 4. The maximum atomic E-state index is 10.9. The third-order valence-corrected chi connectivity index (χ3v) is 1.39. The second-order valence-electron chi connectivity index (χ2n) is 2.25. The highest BCUT2D eigenvalue weighted by molar-refractivity contribution is 6.05. The summed E-state index contributed by atoms with van der Waals surface area (Å²) >= 11 is 0. The van der Waals surface area contributed by atoms with Crippen LogP contribution in [0.1, 0.15) is 6.42 Å². The molecule has 11 heavy (non-hydrogen) atoms. The predicted molar refractivity (Wildman–Crippen MR) is 39.8 cm³/mol. The van der Waals surface area contributed by atoms with Crippen LogP contribution in [0.3, 0.4) is 0 Å². The Morgan fingerprint density at radius 3 is 3.00 bits per heavy atom. The van der Waals surface area contributed by atoms with Crippen LogP contribution >= 0.6 is 0 Å². The van der Waals surface area contributed by atoms with E-state index in [9.17, 15) is 4.79 Å². The van der Waals surface area contributed by atoms with Crippen LogP contribution in [0.25, 0.3) is 0 Å². The van der Waals surface area contributed by atoms with Gasteiger partial charge in [0.1, 0.15) is 6.61 Å². The lowest BCUT2D eigenvalue weighted by molar-refractivity contribution is -0.127. The minimum Gasteiger partial charge on any atom is -0.296 e. The van der Waals surface area contributed by atoms with Crippen LogP contribution in [-0.4, -0.2) is 37.3 Å². The molecule has 0 saturated carbocycles. The summed E-state index contributed by atoms with van der Waals surface area (Å²) in [5.41, 5.74) is 3.27. The lowest BCUT2D eigenvalue weighted by Crippen LogP contribution is -2.16. The molecular weight excluding hydrogens is 146 g/mol. The van der Waals surface area contributed by atoms with Crippen LogP contribution in [0.5, 0.6) is 0 Å². The zero-order valence-corrected chi connectivity index (χ0v) is 6.63. The molecule has 1 aliphatic heterocycles. The van der Waals surface area contributed by atoms with E-state index in [1.165, 1.54) is 5.01 Å². The molecule has 1 aliphatic rings. The number of hydrogen-bond donors (Lipinski definition) is 1. The van der Waals surface area contributed by atoms with Gasteiger partial charge in [-0.25, -0.2) is 10.5 Å². The predicted octanol–water partition coefficient (Wildman–Crippen LogP) is -0.645. The molecule has 0 atom stereocenters. The number of nitrogens with one attached hydrogen (secondary N) is 1. The van der Waals surface area contributed by atoms with E-state index < -0.39 is 0 Å². The fourth-order valence-corrected chi connectivity index (χ4v) is 0.828. The third kappa shape index (κ3) is 1.99. The summed E-state index contributed by atoms with van der Waals surface area (Å²) in [5.74, 6) is 0.0136. The second-order valence-corrected chi connectivity index (χ2v) is 2.25. The van der Waals surface area contributed by atoms with E-state index in [1.54, 1.807) is 14.1 Å². The Balaban J connectivity index is 2.37. The molecule has 1 amide bonds. The molecule has 0 unspecified atom stereocenters. The fourth-order valence-electron chi connectivity index (χ4n) is 0.828. The van der Waals surface area contributed by atoms with Crippen molar-refractivity contribution in [2.75, 3.05) is 20.7 Å². The highest BCUT2D eigenvalue weighted by Gasteiger charge is 2.19. The van der Waals surface area contributed by atoms with E-state index in [1.807, 2.05) is 0 Å². The number of nitrogens with zero attached hydrogens (tertiary/aromatic N) is 2. The first-order valence-corrected chi connectivity index (χ1v) is 3.35. The number of hydrazone groups is 1. The minimum absolute atomic E-state index is 0.0136. The normalized spacial score (nSPS) is 17.5. The van der Waals surface area contributed by atoms with Crippen molar-refractivity contribution in [2.45, 2.75) is 6.42 Å². The molecule has 1 rings (SSSR count). The molecule has 0 bridgehead atoms. The van der Waals surface area contributed by atoms with Gasteiger partial charge in [0.2, 0.25) is 5.91 Å². The first kappa shape index (κ1) is 8.16. The van der Waals surface area contributed by atoms with Crippen molar-refractivity contribution < 1.29 is 9.63 Å². The van der Waals surface area contributed by atoms with Crippen LogP contribution in [-0.2, 0) is 9.63 Å². The lowest BCUT2D eigenvalue weighted by Gasteiger charge is -1.99. The highest BCUT2D eigenvalue weighted by Crippen LogP contribution is 2.04.